The van der Waals surface area contributed by atoms with E-state index in [1.165, 1.54) is 24.0 Å². The Bertz CT molecular complexity index is 544. The molecular formula is C20H30N2O. The molecule has 2 aliphatic rings. The quantitative estimate of drug-likeness (QED) is 0.928. The number of fused-ring (bicyclic) bond motifs is 2. The summed E-state index contributed by atoms with van der Waals surface area (Å²) < 4.78 is 0. The molecule has 126 valence electrons. The minimum Gasteiger partial charge on any atom is -0.341 e. The van der Waals surface area contributed by atoms with Crippen molar-refractivity contribution in [3.05, 3.63) is 35.4 Å². The van der Waals surface area contributed by atoms with Gasteiger partial charge in [0.1, 0.15) is 0 Å². The number of hydrogen-bond acceptors (Lipinski definition) is 2. The van der Waals surface area contributed by atoms with Crippen molar-refractivity contribution < 1.29 is 4.79 Å². The number of benzene rings is 1. The zero-order valence-electron chi connectivity index (χ0n) is 14.8. The Labute approximate surface area is 140 Å². The van der Waals surface area contributed by atoms with Gasteiger partial charge in [-0.15, -0.1) is 0 Å². The Morgan fingerprint density at radius 2 is 1.83 bits per heavy atom. The first-order valence-corrected chi connectivity index (χ1v) is 9.05. The van der Waals surface area contributed by atoms with Crippen LogP contribution < -0.4 is 5.32 Å². The molecule has 2 fully saturated rings. The Hall–Kier alpha value is -1.35. The molecule has 2 bridgehead atoms. The normalized spacial score (nSPS) is 24.6. The molecule has 0 saturated carbocycles. The third kappa shape index (κ3) is 4.14. The topological polar surface area (TPSA) is 32.3 Å². The maximum atomic E-state index is 12.5. The highest BCUT2D eigenvalue weighted by atomic mass is 16.2. The van der Waals surface area contributed by atoms with Crippen molar-refractivity contribution >= 4 is 5.91 Å². The lowest BCUT2D eigenvalue weighted by Crippen LogP contribution is -2.39. The maximum absolute atomic E-state index is 12.5. The second-order valence-corrected chi connectivity index (χ2v) is 8.21. The summed E-state index contributed by atoms with van der Waals surface area (Å²) in [4.78, 5) is 14.6. The smallest absolute Gasteiger partial charge is 0.222 e. The van der Waals surface area contributed by atoms with Gasteiger partial charge in [0, 0.05) is 31.6 Å². The summed E-state index contributed by atoms with van der Waals surface area (Å²) in [5, 5.41) is 3.64. The number of carbonyl (C=O) groups excluding carboxylic acids is 1. The molecule has 3 rings (SSSR count). The van der Waals surface area contributed by atoms with Gasteiger partial charge in [0.25, 0.3) is 0 Å². The molecule has 0 spiro atoms. The van der Waals surface area contributed by atoms with Crippen LogP contribution in [-0.4, -0.2) is 36.0 Å². The number of amides is 1. The first-order chi connectivity index (χ1) is 10.9. The molecule has 1 amide bonds. The van der Waals surface area contributed by atoms with E-state index >= 15 is 0 Å². The monoisotopic (exact) mass is 314 g/mol. The fraction of sp³-hybridized carbons (Fsp3) is 0.650. The Balaban J connectivity index is 1.52. The molecule has 23 heavy (non-hydrogen) atoms. The van der Waals surface area contributed by atoms with Gasteiger partial charge in [-0.25, -0.2) is 0 Å². The number of nitrogens with one attached hydrogen (secondary N) is 1. The average molecular weight is 314 g/mol. The molecule has 0 radical (unpaired) electrons. The molecule has 2 heterocycles. The van der Waals surface area contributed by atoms with Crippen LogP contribution in [0.15, 0.2) is 24.3 Å². The highest BCUT2D eigenvalue weighted by Crippen LogP contribution is 2.23. The SMILES string of the molecule is CC(C)(C)c1ccc(CCC(=O)N2CCC3CCC(C2)N3)cc1. The van der Waals surface area contributed by atoms with Crippen molar-refractivity contribution in [2.45, 2.75) is 70.4 Å². The predicted molar refractivity (Wildman–Crippen MR) is 94.6 cm³/mol. The van der Waals surface area contributed by atoms with Crippen LogP contribution in [-0.2, 0) is 16.6 Å². The van der Waals surface area contributed by atoms with E-state index in [1.807, 2.05) is 0 Å². The summed E-state index contributed by atoms with van der Waals surface area (Å²) >= 11 is 0. The number of rotatable bonds is 3. The average Bonchev–Trinajstić information content (AvgIpc) is 2.83. The van der Waals surface area contributed by atoms with Gasteiger partial charge in [-0.3, -0.25) is 4.79 Å². The summed E-state index contributed by atoms with van der Waals surface area (Å²) in [7, 11) is 0. The molecule has 3 heteroatoms. The summed E-state index contributed by atoms with van der Waals surface area (Å²) in [6, 6.07) is 9.93. The molecule has 0 aliphatic carbocycles. The molecule has 2 saturated heterocycles. The van der Waals surface area contributed by atoms with Gasteiger partial charge in [-0.1, -0.05) is 45.0 Å². The van der Waals surface area contributed by atoms with Gasteiger partial charge in [0.05, 0.1) is 0 Å². The lowest BCUT2D eigenvalue weighted by Gasteiger charge is -2.24. The molecular weight excluding hydrogens is 284 g/mol. The first kappa shape index (κ1) is 16.5. The van der Waals surface area contributed by atoms with Crippen molar-refractivity contribution in [2.24, 2.45) is 0 Å². The van der Waals surface area contributed by atoms with Gasteiger partial charge in [-0.2, -0.15) is 0 Å². The van der Waals surface area contributed by atoms with Crippen LogP contribution in [0.1, 0.15) is 57.6 Å². The van der Waals surface area contributed by atoms with Crippen LogP contribution in [0, 0.1) is 0 Å². The lowest BCUT2D eigenvalue weighted by molar-refractivity contribution is -0.131. The third-order valence-electron chi connectivity index (χ3n) is 5.32. The summed E-state index contributed by atoms with van der Waals surface area (Å²) in [5.41, 5.74) is 2.80. The first-order valence-electron chi connectivity index (χ1n) is 9.05. The van der Waals surface area contributed by atoms with E-state index in [9.17, 15) is 4.79 Å². The van der Waals surface area contributed by atoms with E-state index in [0.717, 1.165) is 25.9 Å². The number of aryl methyl sites for hydroxylation is 1. The number of nitrogens with zero attached hydrogens (tertiary/aromatic N) is 1. The Morgan fingerprint density at radius 3 is 2.52 bits per heavy atom. The van der Waals surface area contributed by atoms with Crippen LogP contribution in [0.4, 0.5) is 0 Å². The molecule has 1 N–H and O–H groups in total. The van der Waals surface area contributed by atoms with Crippen molar-refractivity contribution in [2.75, 3.05) is 13.1 Å². The van der Waals surface area contributed by atoms with Gasteiger partial charge in [-0.05, 0) is 42.2 Å². The second-order valence-electron chi connectivity index (χ2n) is 8.21. The third-order valence-corrected chi connectivity index (χ3v) is 5.32. The minimum atomic E-state index is 0.187. The zero-order valence-corrected chi connectivity index (χ0v) is 14.8. The molecule has 2 unspecified atom stereocenters. The van der Waals surface area contributed by atoms with Crippen molar-refractivity contribution in [1.82, 2.24) is 10.2 Å². The maximum Gasteiger partial charge on any atom is 0.222 e. The van der Waals surface area contributed by atoms with Crippen molar-refractivity contribution in [3.8, 4) is 0 Å². The van der Waals surface area contributed by atoms with Crippen LogP contribution in [0.2, 0.25) is 0 Å². The molecule has 2 atom stereocenters. The highest BCUT2D eigenvalue weighted by Gasteiger charge is 2.30. The summed E-state index contributed by atoms with van der Waals surface area (Å²) in [6.07, 6.45) is 5.10. The minimum absolute atomic E-state index is 0.187. The van der Waals surface area contributed by atoms with Crippen molar-refractivity contribution in [1.29, 1.82) is 0 Å². The van der Waals surface area contributed by atoms with Gasteiger partial charge < -0.3 is 10.2 Å². The number of hydrogen-bond donors (Lipinski definition) is 1. The van der Waals surface area contributed by atoms with Crippen molar-refractivity contribution in [3.63, 3.8) is 0 Å². The predicted octanol–water partition coefficient (Wildman–Crippen LogP) is 3.27. The number of likely N-dealkylation sites (tertiary alicyclic amines) is 1. The van der Waals surface area contributed by atoms with E-state index in [0.29, 0.717) is 24.4 Å². The summed E-state index contributed by atoms with van der Waals surface area (Å²) in [5.74, 6) is 0.319. The van der Waals surface area contributed by atoms with E-state index < -0.39 is 0 Å². The zero-order chi connectivity index (χ0) is 16.4. The van der Waals surface area contributed by atoms with E-state index in [4.69, 9.17) is 0 Å². The largest absolute Gasteiger partial charge is 0.341 e. The highest BCUT2D eigenvalue weighted by molar-refractivity contribution is 5.76. The van der Waals surface area contributed by atoms with E-state index in [1.54, 1.807) is 0 Å². The molecule has 1 aromatic rings. The lowest BCUT2D eigenvalue weighted by atomic mass is 9.86. The second kappa shape index (κ2) is 6.64. The standard InChI is InChI=1S/C20H30N2O/c1-20(2,3)16-7-4-15(5-8-16)6-11-19(23)22-13-12-17-9-10-18(14-22)21-17/h4-5,7-8,17-18,21H,6,9-14H2,1-3H3. The fourth-order valence-electron chi connectivity index (χ4n) is 3.75. The number of carbonyl (C=O) groups is 1. The molecule has 0 aromatic heterocycles. The molecule has 3 nitrogen and oxygen atoms in total. The van der Waals surface area contributed by atoms with Gasteiger partial charge in [0.15, 0.2) is 0 Å². The summed E-state index contributed by atoms with van der Waals surface area (Å²) in [6.45, 7) is 8.51. The van der Waals surface area contributed by atoms with Crippen LogP contribution in [0.5, 0.6) is 0 Å². The van der Waals surface area contributed by atoms with Crippen LogP contribution >= 0.6 is 0 Å². The van der Waals surface area contributed by atoms with Crippen LogP contribution in [0.25, 0.3) is 0 Å². The van der Waals surface area contributed by atoms with E-state index in [-0.39, 0.29) is 5.41 Å². The molecule has 1 aromatic carbocycles. The van der Waals surface area contributed by atoms with E-state index in [2.05, 4.69) is 55.3 Å². The van der Waals surface area contributed by atoms with Gasteiger partial charge in [0.2, 0.25) is 5.91 Å². The molecule has 2 aliphatic heterocycles. The Morgan fingerprint density at radius 1 is 1.13 bits per heavy atom. The fourth-order valence-corrected chi connectivity index (χ4v) is 3.75. The van der Waals surface area contributed by atoms with Crippen LogP contribution in [0.3, 0.4) is 0 Å². The Kier molecular flexibility index (Phi) is 4.77. The van der Waals surface area contributed by atoms with Gasteiger partial charge >= 0.3 is 0 Å².